The number of H-pyrrole nitrogens is 1. The normalized spacial score (nSPS) is 11.8. The van der Waals surface area contributed by atoms with Crippen molar-refractivity contribution in [2.75, 3.05) is 0 Å². The Hall–Kier alpha value is -2.48. The van der Waals surface area contributed by atoms with Crippen molar-refractivity contribution in [3.05, 3.63) is 51.5 Å². The number of halogens is 4. The molecule has 1 aromatic carbocycles. The lowest BCUT2D eigenvalue weighted by Crippen LogP contribution is -2.10. The second-order valence-electron chi connectivity index (χ2n) is 4.43. The first-order valence-electron chi connectivity index (χ1n) is 5.95. The third-order valence-corrected chi connectivity index (χ3v) is 3.16. The van der Waals surface area contributed by atoms with Crippen molar-refractivity contribution < 1.29 is 13.2 Å². The van der Waals surface area contributed by atoms with Gasteiger partial charge in [-0.05, 0) is 35.4 Å². The van der Waals surface area contributed by atoms with Gasteiger partial charge in [-0.3, -0.25) is 4.79 Å². The Bertz CT molecular complexity index is 923. The molecule has 0 aliphatic carbocycles. The van der Waals surface area contributed by atoms with E-state index in [0.717, 1.165) is 6.07 Å². The lowest BCUT2D eigenvalue weighted by atomic mass is 10.0. The van der Waals surface area contributed by atoms with Gasteiger partial charge in [0.1, 0.15) is 16.4 Å². The molecule has 0 bridgehead atoms. The van der Waals surface area contributed by atoms with Crippen molar-refractivity contribution in [3.63, 3.8) is 0 Å². The molecule has 2 heterocycles. The van der Waals surface area contributed by atoms with Gasteiger partial charge in [-0.1, -0.05) is 22.9 Å². The maximum absolute atomic E-state index is 12.8. The highest BCUT2D eigenvalue weighted by molar-refractivity contribution is 6.29. The van der Waals surface area contributed by atoms with Crippen LogP contribution in [0.5, 0.6) is 0 Å². The van der Waals surface area contributed by atoms with Crippen LogP contribution in [0.1, 0.15) is 5.69 Å². The summed E-state index contributed by atoms with van der Waals surface area (Å²) >= 11 is 5.65. The number of benzene rings is 1. The number of hydrogen-bond acceptors (Lipinski definition) is 4. The average molecular weight is 327 g/mol. The monoisotopic (exact) mass is 326 g/mol. The Morgan fingerprint density at radius 2 is 1.86 bits per heavy atom. The Morgan fingerprint density at radius 3 is 2.59 bits per heavy atom. The highest BCUT2D eigenvalue weighted by Crippen LogP contribution is 2.32. The molecule has 0 saturated carbocycles. The van der Waals surface area contributed by atoms with Gasteiger partial charge >= 0.3 is 6.18 Å². The molecule has 0 aliphatic heterocycles. The summed E-state index contributed by atoms with van der Waals surface area (Å²) in [6, 6.07) is 6.61. The summed E-state index contributed by atoms with van der Waals surface area (Å²) in [6.07, 6.45) is -4.61. The van der Waals surface area contributed by atoms with Crippen LogP contribution in [0.15, 0.2) is 35.1 Å². The third-order valence-electron chi connectivity index (χ3n) is 2.97. The van der Waals surface area contributed by atoms with Crippen LogP contribution < -0.4 is 5.56 Å². The van der Waals surface area contributed by atoms with E-state index in [2.05, 4.69) is 20.4 Å². The van der Waals surface area contributed by atoms with Crippen LogP contribution in [0, 0.1) is 0 Å². The molecule has 0 amide bonds. The first-order valence-corrected chi connectivity index (χ1v) is 6.33. The number of rotatable bonds is 1. The fourth-order valence-corrected chi connectivity index (χ4v) is 2.19. The van der Waals surface area contributed by atoms with Crippen LogP contribution >= 0.6 is 11.6 Å². The minimum atomic E-state index is -4.61. The standard InChI is InChI=1S/C13H6ClF3N4O/c14-11-5-7(4-10(18-11)13(15,16)17)6-1-2-9-8(3-6)12(22)20-21-19-9/h1-5H,(H,19,20,22). The van der Waals surface area contributed by atoms with Crippen LogP contribution in [0.2, 0.25) is 5.15 Å². The zero-order valence-corrected chi connectivity index (χ0v) is 11.4. The summed E-state index contributed by atoms with van der Waals surface area (Å²) in [5.41, 5.74) is -0.658. The lowest BCUT2D eigenvalue weighted by molar-refractivity contribution is -0.141. The quantitative estimate of drug-likeness (QED) is 0.698. The number of fused-ring (bicyclic) bond motifs is 1. The molecule has 0 radical (unpaired) electrons. The second kappa shape index (κ2) is 5.06. The molecule has 0 fully saturated rings. The van der Waals surface area contributed by atoms with Crippen molar-refractivity contribution in [2.24, 2.45) is 0 Å². The Kier molecular flexibility index (Phi) is 3.32. The van der Waals surface area contributed by atoms with E-state index in [1.165, 1.54) is 24.3 Å². The van der Waals surface area contributed by atoms with Crippen LogP contribution in [-0.4, -0.2) is 20.4 Å². The van der Waals surface area contributed by atoms with Gasteiger partial charge in [0, 0.05) is 0 Å². The van der Waals surface area contributed by atoms with Gasteiger partial charge in [0.2, 0.25) is 0 Å². The maximum atomic E-state index is 12.8. The molecule has 0 saturated heterocycles. The molecule has 5 nitrogen and oxygen atoms in total. The molecule has 0 atom stereocenters. The highest BCUT2D eigenvalue weighted by Gasteiger charge is 2.33. The van der Waals surface area contributed by atoms with Gasteiger partial charge < -0.3 is 0 Å². The van der Waals surface area contributed by atoms with E-state index in [1.54, 1.807) is 0 Å². The minimum Gasteiger partial charge on any atom is -0.267 e. The van der Waals surface area contributed by atoms with Gasteiger partial charge in [0.25, 0.3) is 5.56 Å². The molecule has 0 unspecified atom stereocenters. The van der Waals surface area contributed by atoms with Gasteiger partial charge in [-0.15, -0.1) is 5.10 Å². The van der Waals surface area contributed by atoms with Gasteiger partial charge in [-0.2, -0.15) is 13.2 Å². The zero-order valence-electron chi connectivity index (χ0n) is 10.6. The molecule has 112 valence electrons. The summed E-state index contributed by atoms with van der Waals surface area (Å²) < 4.78 is 38.4. The number of nitrogens with one attached hydrogen (secondary N) is 1. The Labute approximate surface area is 125 Å². The topological polar surface area (TPSA) is 71.5 Å². The van der Waals surface area contributed by atoms with E-state index >= 15 is 0 Å². The number of hydrogen-bond donors (Lipinski definition) is 1. The Morgan fingerprint density at radius 1 is 1.09 bits per heavy atom. The molecule has 1 N–H and O–H groups in total. The first kappa shape index (κ1) is 14.5. The van der Waals surface area contributed by atoms with E-state index in [4.69, 9.17) is 11.6 Å². The number of alkyl halides is 3. The molecule has 2 aromatic heterocycles. The molecular weight excluding hydrogens is 321 g/mol. The molecule has 0 aliphatic rings. The SMILES string of the molecule is O=c1[nH]nnc2ccc(-c3cc(Cl)nc(C(F)(F)F)c3)cc12. The predicted molar refractivity (Wildman–Crippen MR) is 73.4 cm³/mol. The largest absolute Gasteiger partial charge is 0.433 e. The summed E-state index contributed by atoms with van der Waals surface area (Å²) in [5.74, 6) is 0. The molecule has 22 heavy (non-hydrogen) atoms. The molecular formula is C13H6ClF3N4O. The Balaban J connectivity index is 2.21. The van der Waals surface area contributed by atoms with Crippen molar-refractivity contribution in [3.8, 4) is 11.1 Å². The van der Waals surface area contributed by atoms with Crippen LogP contribution in [0.4, 0.5) is 13.2 Å². The molecule has 3 aromatic rings. The lowest BCUT2D eigenvalue weighted by Gasteiger charge is -2.09. The van der Waals surface area contributed by atoms with E-state index in [1.807, 2.05) is 0 Å². The molecule has 0 spiro atoms. The second-order valence-corrected chi connectivity index (χ2v) is 4.82. The third kappa shape index (κ3) is 2.64. The van der Waals surface area contributed by atoms with Crippen LogP contribution in [-0.2, 0) is 6.18 Å². The number of pyridine rings is 1. The fourth-order valence-electron chi connectivity index (χ4n) is 1.98. The summed E-state index contributed by atoms with van der Waals surface area (Å²) in [6.45, 7) is 0. The summed E-state index contributed by atoms with van der Waals surface area (Å²) in [5, 5.41) is 9.23. The fraction of sp³-hybridized carbons (Fsp3) is 0.0769. The smallest absolute Gasteiger partial charge is 0.267 e. The number of nitrogens with zero attached hydrogens (tertiary/aromatic N) is 3. The number of aromatic amines is 1. The summed E-state index contributed by atoms with van der Waals surface area (Å²) in [7, 11) is 0. The van der Waals surface area contributed by atoms with Gasteiger partial charge in [-0.25, -0.2) is 10.1 Å². The van der Waals surface area contributed by atoms with E-state index < -0.39 is 17.4 Å². The van der Waals surface area contributed by atoms with Gasteiger partial charge in [0.05, 0.1) is 5.39 Å². The first-order chi connectivity index (χ1) is 10.3. The van der Waals surface area contributed by atoms with E-state index in [9.17, 15) is 18.0 Å². The van der Waals surface area contributed by atoms with Crippen molar-refractivity contribution in [2.45, 2.75) is 6.18 Å². The highest BCUT2D eigenvalue weighted by atomic mass is 35.5. The van der Waals surface area contributed by atoms with E-state index in [0.29, 0.717) is 11.1 Å². The summed E-state index contributed by atoms with van der Waals surface area (Å²) in [4.78, 5) is 14.9. The molecule has 9 heteroatoms. The van der Waals surface area contributed by atoms with Crippen molar-refractivity contribution in [1.29, 1.82) is 0 Å². The minimum absolute atomic E-state index is 0.199. The van der Waals surface area contributed by atoms with Gasteiger partial charge in [0.15, 0.2) is 0 Å². The van der Waals surface area contributed by atoms with E-state index in [-0.39, 0.29) is 16.1 Å². The maximum Gasteiger partial charge on any atom is 0.433 e. The predicted octanol–water partition coefficient (Wildman–Crippen LogP) is 3.05. The van der Waals surface area contributed by atoms with Crippen LogP contribution in [0.25, 0.3) is 22.0 Å². The van der Waals surface area contributed by atoms with Crippen molar-refractivity contribution in [1.82, 2.24) is 20.4 Å². The van der Waals surface area contributed by atoms with Crippen LogP contribution in [0.3, 0.4) is 0 Å². The molecule has 3 rings (SSSR count). The average Bonchev–Trinajstić information content (AvgIpc) is 2.46. The zero-order chi connectivity index (χ0) is 15.9. The van der Waals surface area contributed by atoms with Crippen molar-refractivity contribution >= 4 is 22.5 Å². The number of aromatic nitrogens is 4.